The third kappa shape index (κ3) is 9.77. The largest absolute Gasteiger partial charge is 0.444 e. The molecule has 0 aromatic heterocycles. The van der Waals surface area contributed by atoms with Gasteiger partial charge in [-0.1, -0.05) is 12.1 Å². The summed E-state index contributed by atoms with van der Waals surface area (Å²) in [6, 6.07) is 4.15. The first-order chi connectivity index (χ1) is 12.7. The molecule has 0 atom stereocenters. The zero-order chi connectivity index (χ0) is 20.3. The number of aliphatic imine (C=N–C) groups is 1. The van der Waals surface area contributed by atoms with Crippen LogP contribution >= 0.6 is 0 Å². The van der Waals surface area contributed by atoms with Gasteiger partial charge in [0.05, 0.1) is 0 Å². The number of hydrogen-bond donors (Lipinski definition) is 3. The fourth-order valence-electron chi connectivity index (χ4n) is 2.17. The second kappa shape index (κ2) is 11.4. The first-order valence-corrected chi connectivity index (χ1v) is 9.15. The minimum Gasteiger partial charge on any atom is -0.444 e. The van der Waals surface area contributed by atoms with E-state index in [9.17, 15) is 13.6 Å². The lowest BCUT2D eigenvalue weighted by Gasteiger charge is -2.19. The van der Waals surface area contributed by atoms with Crippen LogP contribution in [0.5, 0.6) is 0 Å². The number of hydrogen-bond acceptors (Lipinski definition) is 3. The second-order valence-electron chi connectivity index (χ2n) is 6.93. The quantitative estimate of drug-likeness (QED) is 0.366. The van der Waals surface area contributed by atoms with Crippen molar-refractivity contribution in [1.82, 2.24) is 16.0 Å². The first-order valence-electron chi connectivity index (χ1n) is 9.15. The van der Waals surface area contributed by atoms with Gasteiger partial charge in [-0.25, -0.2) is 13.6 Å². The van der Waals surface area contributed by atoms with Gasteiger partial charge in [0.25, 0.3) is 0 Å². The Morgan fingerprint density at radius 3 is 2.56 bits per heavy atom. The second-order valence-corrected chi connectivity index (χ2v) is 6.93. The van der Waals surface area contributed by atoms with Crippen LogP contribution in [0.2, 0.25) is 0 Å². The van der Waals surface area contributed by atoms with E-state index in [1.807, 2.05) is 6.92 Å². The van der Waals surface area contributed by atoms with E-state index in [1.54, 1.807) is 26.8 Å². The highest BCUT2D eigenvalue weighted by Gasteiger charge is 2.15. The van der Waals surface area contributed by atoms with Crippen LogP contribution in [-0.2, 0) is 11.2 Å². The van der Waals surface area contributed by atoms with E-state index >= 15 is 0 Å². The van der Waals surface area contributed by atoms with Gasteiger partial charge in [-0.2, -0.15) is 0 Å². The van der Waals surface area contributed by atoms with Crippen LogP contribution in [0.3, 0.4) is 0 Å². The van der Waals surface area contributed by atoms with Crippen molar-refractivity contribution in [3.63, 3.8) is 0 Å². The molecule has 0 aliphatic carbocycles. The maximum absolute atomic E-state index is 13.6. The molecule has 0 aliphatic heterocycles. The molecule has 0 heterocycles. The zero-order valence-electron chi connectivity index (χ0n) is 16.5. The summed E-state index contributed by atoms with van der Waals surface area (Å²) >= 11 is 0. The number of ether oxygens (including phenoxy) is 1. The fourth-order valence-corrected chi connectivity index (χ4v) is 2.17. The molecule has 0 fully saturated rings. The minimum absolute atomic E-state index is 0.319. The third-order valence-electron chi connectivity index (χ3n) is 3.34. The maximum Gasteiger partial charge on any atom is 0.407 e. The Bertz CT molecular complexity index is 631. The topological polar surface area (TPSA) is 74.8 Å². The van der Waals surface area contributed by atoms with E-state index in [4.69, 9.17) is 4.74 Å². The van der Waals surface area contributed by atoms with Gasteiger partial charge in [0.15, 0.2) is 17.6 Å². The van der Waals surface area contributed by atoms with Crippen molar-refractivity contribution >= 4 is 12.1 Å². The molecule has 1 aromatic rings. The number of rotatable bonds is 8. The number of carbonyl (C=O) groups is 1. The average Bonchev–Trinajstić information content (AvgIpc) is 2.56. The lowest BCUT2D eigenvalue weighted by molar-refractivity contribution is 0.0527. The van der Waals surface area contributed by atoms with Crippen molar-refractivity contribution < 1.29 is 18.3 Å². The van der Waals surface area contributed by atoms with Crippen LogP contribution in [0.1, 0.15) is 39.7 Å². The standard InChI is InChI=1S/C19H30F2N4O2/c1-5-22-17(23-11-7-12-25-18(26)27-19(2,3)4)24-13-10-14-8-6-9-15(20)16(14)21/h6,8-9H,5,7,10-13H2,1-4H3,(H,25,26)(H2,22,23,24). The van der Waals surface area contributed by atoms with Crippen molar-refractivity contribution in [3.05, 3.63) is 35.4 Å². The van der Waals surface area contributed by atoms with Crippen LogP contribution in [0, 0.1) is 11.6 Å². The van der Waals surface area contributed by atoms with Crippen molar-refractivity contribution in [2.24, 2.45) is 4.99 Å². The number of amides is 1. The van der Waals surface area contributed by atoms with Gasteiger partial charge in [0.2, 0.25) is 0 Å². The molecule has 0 saturated heterocycles. The Morgan fingerprint density at radius 1 is 1.15 bits per heavy atom. The number of nitrogens with one attached hydrogen (secondary N) is 3. The molecule has 8 heteroatoms. The number of carbonyl (C=O) groups excluding carboxylic acids is 1. The Labute approximate surface area is 159 Å². The summed E-state index contributed by atoms with van der Waals surface area (Å²) in [4.78, 5) is 15.9. The molecule has 3 N–H and O–H groups in total. The molecule has 0 spiro atoms. The molecule has 152 valence electrons. The smallest absolute Gasteiger partial charge is 0.407 e. The molecule has 0 bridgehead atoms. The van der Waals surface area contributed by atoms with Crippen molar-refractivity contribution in [2.45, 2.75) is 46.1 Å². The summed E-state index contributed by atoms with van der Waals surface area (Å²) in [6.45, 7) is 9.40. The van der Waals surface area contributed by atoms with Crippen molar-refractivity contribution in [2.75, 3.05) is 26.2 Å². The number of guanidine groups is 1. The van der Waals surface area contributed by atoms with E-state index in [-0.39, 0.29) is 0 Å². The highest BCUT2D eigenvalue weighted by Crippen LogP contribution is 2.11. The monoisotopic (exact) mass is 384 g/mol. The molecule has 1 rings (SSSR count). The van der Waals surface area contributed by atoms with Gasteiger partial charge >= 0.3 is 6.09 Å². The van der Waals surface area contributed by atoms with Crippen LogP contribution in [0.15, 0.2) is 23.2 Å². The third-order valence-corrected chi connectivity index (χ3v) is 3.34. The van der Waals surface area contributed by atoms with Crippen LogP contribution in [-0.4, -0.2) is 43.8 Å². The van der Waals surface area contributed by atoms with Crippen molar-refractivity contribution in [1.29, 1.82) is 0 Å². The Balaban J connectivity index is 2.35. The van der Waals surface area contributed by atoms with E-state index in [1.165, 1.54) is 6.07 Å². The average molecular weight is 384 g/mol. The predicted molar refractivity (Wildman–Crippen MR) is 103 cm³/mol. The fraction of sp³-hybridized carbons (Fsp3) is 0.579. The molecule has 0 radical (unpaired) electrons. The number of halogens is 2. The highest BCUT2D eigenvalue weighted by atomic mass is 19.2. The minimum atomic E-state index is -0.842. The molecule has 1 amide bonds. The van der Waals surface area contributed by atoms with E-state index in [0.29, 0.717) is 50.5 Å². The molecular formula is C19H30F2N4O2. The summed E-state index contributed by atoms with van der Waals surface area (Å²) < 4.78 is 32.0. The van der Waals surface area contributed by atoms with E-state index < -0.39 is 23.3 Å². The first kappa shape index (κ1) is 22.7. The Kier molecular flexibility index (Phi) is 9.53. The van der Waals surface area contributed by atoms with Gasteiger partial charge in [-0.05, 0) is 52.2 Å². The van der Waals surface area contributed by atoms with Gasteiger partial charge in [0, 0.05) is 26.2 Å². The summed E-state index contributed by atoms with van der Waals surface area (Å²) in [7, 11) is 0. The van der Waals surface area contributed by atoms with E-state index in [2.05, 4.69) is 20.9 Å². The van der Waals surface area contributed by atoms with Crippen molar-refractivity contribution in [3.8, 4) is 0 Å². The van der Waals surface area contributed by atoms with Crippen LogP contribution in [0.4, 0.5) is 13.6 Å². The maximum atomic E-state index is 13.6. The summed E-state index contributed by atoms with van der Waals surface area (Å²) in [6.07, 6.45) is 0.538. The molecule has 27 heavy (non-hydrogen) atoms. The normalized spacial score (nSPS) is 11.9. The summed E-state index contributed by atoms with van der Waals surface area (Å²) in [5.41, 5.74) is -0.203. The van der Waals surface area contributed by atoms with Gasteiger partial charge < -0.3 is 20.7 Å². The number of benzene rings is 1. The molecular weight excluding hydrogens is 354 g/mol. The Hall–Kier alpha value is -2.38. The highest BCUT2D eigenvalue weighted by molar-refractivity contribution is 5.79. The number of nitrogens with zero attached hydrogens (tertiary/aromatic N) is 1. The zero-order valence-corrected chi connectivity index (χ0v) is 16.5. The number of alkyl carbamates (subject to hydrolysis) is 1. The van der Waals surface area contributed by atoms with Gasteiger partial charge in [-0.3, -0.25) is 4.99 Å². The lowest BCUT2D eigenvalue weighted by atomic mass is 10.1. The SMILES string of the molecule is CCNC(=NCCCNC(=O)OC(C)(C)C)NCCc1cccc(F)c1F. The molecule has 1 aromatic carbocycles. The molecule has 0 aliphatic rings. The van der Waals surface area contributed by atoms with Crippen LogP contribution < -0.4 is 16.0 Å². The lowest BCUT2D eigenvalue weighted by Crippen LogP contribution is -2.38. The summed E-state index contributed by atoms with van der Waals surface area (Å²) in [5.74, 6) is -1.06. The summed E-state index contributed by atoms with van der Waals surface area (Å²) in [5, 5.41) is 8.84. The van der Waals surface area contributed by atoms with Crippen LogP contribution in [0.25, 0.3) is 0 Å². The molecule has 0 saturated carbocycles. The molecule has 6 nitrogen and oxygen atoms in total. The van der Waals surface area contributed by atoms with Gasteiger partial charge in [-0.15, -0.1) is 0 Å². The van der Waals surface area contributed by atoms with E-state index in [0.717, 1.165) is 6.07 Å². The Morgan fingerprint density at radius 2 is 1.89 bits per heavy atom. The van der Waals surface area contributed by atoms with Gasteiger partial charge in [0.1, 0.15) is 5.60 Å². The molecule has 0 unspecified atom stereocenters. The predicted octanol–water partition coefficient (Wildman–Crippen LogP) is 2.98.